The van der Waals surface area contributed by atoms with Crippen molar-refractivity contribution in [3.8, 4) is 0 Å². The van der Waals surface area contributed by atoms with Gasteiger partial charge in [-0.3, -0.25) is 0 Å². The second kappa shape index (κ2) is 7.78. The summed E-state index contributed by atoms with van der Waals surface area (Å²) < 4.78 is 0. The van der Waals surface area contributed by atoms with E-state index in [4.69, 9.17) is 4.84 Å². The normalized spacial score (nSPS) is 18.1. The number of rotatable bonds is 2. The summed E-state index contributed by atoms with van der Waals surface area (Å²) in [6.45, 7) is 10.0. The van der Waals surface area contributed by atoms with Gasteiger partial charge >= 0.3 is 6.03 Å². The van der Waals surface area contributed by atoms with Gasteiger partial charge in [-0.05, 0) is 41.2 Å². The topological polar surface area (TPSA) is 53.9 Å². The number of amides is 2. The molecule has 2 aliphatic rings. The Labute approximate surface area is 179 Å². The molecule has 0 saturated carbocycles. The number of carbonyl (C=O) groups is 1. The van der Waals surface area contributed by atoms with Crippen molar-refractivity contribution in [2.75, 3.05) is 18.4 Å². The van der Waals surface area contributed by atoms with E-state index in [0.717, 1.165) is 41.8 Å². The fraction of sp³-hybridized carbons (Fsp3) is 0.440. The number of aryl methyl sites for hydroxylation is 1. The van der Waals surface area contributed by atoms with E-state index in [2.05, 4.69) is 55.5 Å². The number of carbonyl (C=O) groups excluding carboxylic acids is 1. The van der Waals surface area contributed by atoms with Crippen molar-refractivity contribution < 1.29 is 9.63 Å². The second-order valence-corrected chi connectivity index (χ2v) is 9.60. The Kier molecular flexibility index (Phi) is 5.31. The van der Waals surface area contributed by atoms with Crippen LogP contribution in [0.4, 0.5) is 10.5 Å². The predicted octanol–water partition coefficient (Wildman–Crippen LogP) is 5.48. The molecule has 1 saturated heterocycles. The van der Waals surface area contributed by atoms with Crippen LogP contribution in [0.5, 0.6) is 0 Å². The Morgan fingerprint density at radius 2 is 1.80 bits per heavy atom. The first-order chi connectivity index (χ1) is 14.2. The fourth-order valence-electron chi connectivity index (χ4n) is 4.15. The SMILES string of the molecule is Cc1cccc(NC(=O)N2CCC3(CC2)CC(c2ccc(C(C)(C)C)cc2)=NO3)c1. The molecule has 1 spiro atoms. The molecular weight excluding hydrogens is 374 g/mol. The van der Waals surface area contributed by atoms with E-state index >= 15 is 0 Å². The van der Waals surface area contributed by atoms with Crippen molar-refractivity contribution in [1.82, 2.24) is 4.90 Å². The fourth-order valence-corrected chi connectivity index (χ4v) is 4.15. The molecule has 5 heteroatoms. The van der Waals surface area contributed by atoms with E-state index in [0.29, 0.717) is 13.1 Å². The van der Waals surface area contributed by atoms with Crippen LogP contribution in [0, 0.1) is 6.92 Å². The van der Waals surface area contributed by atoms with Crippen molar-refractivity contribution in [2.24, 2.45) is 5.16 Å². The van der Waals surface area contributed by atoms with Gasteiger partial charge in [0.2, 0.25) is 0 Å². The molecule has 2 amide bonds. The highest BCUT2D eigenvalue weighted by molar-refractivity contribution is 6.01. The minimum atomic E-state index is -0.280. The molecule has 0 aliphatic carbocycles. The van der Waals surface area contributed by atoms with Gasteiger partial charge in [0.25, 0.3) is 0 Å². The Morgan fingerprint density at radius 3 is 2.43 bits per heavy atom. The number of anilines is 1. The van der Waals surface area contributed by atoms with Crippen LogP contribution in [0.25, 0.3) is 0 Å². The Balaban J connectivity index is 1.34. The van der Waals surface area contributed by atoms with Crippen LogP contribution >= 0.6 is 0 Å². The van der Waals surface area contributed by atoms with Gasteiger partial charge in [0.05, 0.1) is 5.71 Å². The van der Waals surface area contributed by atoms with E-state index < -0.39 is 0 Å². The zero-order valence-electron chi connectivity index (χ0n) is 18.4. The van der Waals surface area contributed by atoms with Crippen LogP contribution in [-0.4, -0.2) is 35.3 Å². The maximum absolute atomic E-state index is 12.6. The van der Waals surface area contributed by atoms with Crippen LogP contribution in [0.3, 0.4) is 0 Å². The number of piperidine rings is 1. The molecule has 30 heavy (non-hydrogen) atoms. The summed E-state index contributed by atoms with van der Waals surface area (Å²) in [5.74, 6) is 0. The first kappa shape index (κ1) is 20.5. The number of hydrogen-bond acceptors (Lipinski definition) is 3. The van der Waals surface area contributed by atoms with Gasteiger partial charge < -0.3 is 15.1 Å². The predicted molar refractivity (Wildman–Crippen MR) is 121 cm³/mol. The minimum Gasteiger partial charge on any atom is -0.388 e. The molecule has 0 aromatic heterocycles. The lowest BCUT2D eigenvalue weighted by molar-refractivity contribution is -0.0544. The smallest absolute Gasteiger partial charge is 0.321 e. The summed E-state index contributed by atoms with van der Waals surface area (Å²) in [5, 5.41) is 7.42. The number of oxime groups is 1. The first-order valence-electron chi connectivity index (χ1n) is 10.7. The van der Waals surface area contributed by atoms with Gasteiger partial charge in [0, 0.05) is 38.0 Å². The summed E-state index contributed by atoms with van der Waals surface area (Å²) in [6, 6.07) is 16.5. The van der Waals surface area contributed by atoms with Crippen molar-refractivity contribution in [3.05, 3.63) is 65.2 Å². The van der Waals surface area contributed by atoms with E-state index in [1.54, 1.807) is 0 Å². The van der Waals surface area contributed by atoms with Gasteiger partial charge in [0.15, 0.2) is 0 Å². The van der Waals surface area contributed by atoms with Crippen molar-refractivity contribution >= 4 is 17.4 Å². The quantitative estimate of drug-likeness (QED) is 0.719. The Hall–Kier alpha value is -2.82. The lowest BCUT2D eigenvalue weighted by Gasteiger charge is -2.37. The molecule has 0 atom stereocenters. The molecule has 1 fully saturated rings. The van der Waals surface area contributed by atoms with Crippen LogP contribution in [0.2, 0.25) is 0 Å². The molecule has 0 unspecified atom stereocenters. The Bertz CT molecular complexity index is 949. The summed E-state index contributed by atoms with van der Waals surface area (Å²) >= 11 is 0. The molecule has 0 radical (unpaired) electrons. The summed E-state index contributed by atoms with van der Waals surface area (Å²) in [7, 11) is 0. The number of likely N-dealkylation sites (tertiary alicyclic amines) is 1. The van der Waals surface area contributed by atoms with E-state index in [9.17, 15) is 4.79 Å². The molecule has 5 nitrogen and oxygen atoms in total. The molecule has 2 heterocycles. The number of benzene rings is 2. The highest BCUT2D eigenvalue weighted by atomic mass is 16.7. The van der Waals surface area contributed by atoms with Crippen molar-refractivity contribution in [1.29, 1.82) is 0 Å². The third-order valence-corrected chi connectivity index (χ3v) is 6.15. The molecule has 2 aliphatic heterocycles. The summed E-state index contributed by atoms with van der Waals surface area (Å²) in [5.41, 5.74) is 5.27. The zero-order chi connectivity index (χ0) is 21.4. The monoisotopic (exact) mass is 405 g/mol. The average molecular weight is 406 g/mol. The highest BCUT2D eigenvalue weighted by Crippen LogP contribution is 2.36. The lowest BCUT2D eigenvalue weighted by atomic mass is 9.84. The van der Waals surface area contributed by atoms with Crippen LogP contribution in [0.1, 0.15) is 56.7 Å². The van der Waals surface area contributed by atoms with E-state index in [1.165, 1.54) is 5.56 Å². The van der Waals surface area contributed by atoms with Gasteiger partial charge in [-0.25, -0.2) is 4.79 Å². The number of nitrogens with one attached hydrogen (secondary N) is 1. The molecule has 2 aromatic carbocycles. The second-order valence-electron chi connectivity index (χ2n) is 9.60. The largest absolute Gasteiger partial charge is 0.388 e. The van der Waals surface area contributed by atoms with Gasteiger partial charge in [-0.2, -0.15) is 0 Å². The van der Waals surface area contributed by atoms with Gasteiger partial charge in [-0.1, -0.05) is 62.3 Å². The minimum absolute atomic E-state index is 0.0487. The zero-order valence-corrected chi connectivity index (χ0v) is 18.4. The van der Waals surface area contributed by atoms with Gasteiger partial charge in [0.1, 0.15) is 5.60 Å². The standard InChI is InChI=1S/C25H31N3O2/c1-18-6-5-7-21(16-18)26-23(29)28-14-12-25(13-15-28)17-22(27-30-25)19-8-10-20(11-9-19)24(2,3)4/h5-11,16H,12-15,17H2,1-4H3,(H,26,29). The van der Waals surface area contributed by atoms with Crippen LogP contribution < -0.4 is 5.32 Å². The lowest BCUT2D eigenvalue weighted by Crippen LogP contribution is -2.48. The molecule has 2 aromatic rings. The molecule has 4 rings (SSSR count). The van der Waals surface area contributed by atoms with E-state index in [-0.39, 0.29) is 17.0 Å². The third kappa shape index (κ3) is 4.35. The van der Waals surface area contributed by atoms with Crippen molar-refractivity contribution in [3.63, 3.8) is 0 Å². The van der Waals surface area contributed by atoms with Gasteiger partial charge in [-0.15, -0.1) is 0 Å². The van der Waals surface area contributed by atoms with Crippen LogP contribution in [0.15, 0.2) is 53.7 Å². The molecule has 1 N–H and O–H groups in total. The molecule has 0 bridgehead atoms. The number of hydrogen-bond donors (Lipinski definition) is 1. The van der Waals surface area contributed by atoms with E-state index in [1.807, 2.05) is 36.1 Å². The Morgan fingerprint density at radius 1 is 1.10 bits per heavy atom. The van der Waals surface area contributed by atoms with Crippen molar-refractivity contribution in [2.45, 2.75) is 58.0 Å². The highest BCUT2D eigenvalue weighted by Gasteiger charge is 2.43. The first-order valence-corrected chi connectivity index (χ1v) is 10.7. The average Bonchev–Trinajstić information content (AvgIpc) is 3.11. The maximum Gasteiger partial charge on any atom is 0.321 e. The molecular formula is C25H31N3O2. The third-order valence-electron chi connectivity index (χ3n) is 6.15. The molecule has 158 valence electrons. The number of nitrogens with zero attached hydrogens (tertiary/aromatic N) is 2. The summed E-state index contributed by atoms with van der Waals surface area (Å²) in [4.78, 5) is 20.4. The summed E-state index contributed by atoms with van der Waals surface area (Å²) in [6.07, 6.45) is 2.39. The van der Waals surface area contributed by atoms with Crippen LogP contribution in [-0.2, 0) is 10.3 Å². The maximum atomic E-state index is 12.6. The number of urea groups is 1.